The van der Waals surface area contributed by atoms with Crippen LogP contribution in [0.4, 0.5) is 0 Å². The Kier molecular flexibility index (Phi) is 3.48. The number of aromatic nitrogens is 2. The lowest BCUT2D eigenvalue weighted by molar-refractivity contribution is 0.280. The second-order valence-electron chi connectivity index (χ2n) is 3.06. The van der Waals surface area contributed by atoms with E-state index in [2.05, 4.69) is 25.9 Å². The normalized spacial score (nSPS) is 10.1. The van der Waals surface area contributed by atoms with Gasteiger partial charge in [0, 0.05) is 18.0 Å². The molecule has 1 aromatic carbocycles. The third kappa shape index (κ3) is 2.56. The molecule has 0 saturated carbocycles. The zero-order chi connectivity index (χ0) is 11.4. The standard InChI is InChI=1S/C11H9BrN2O2/c12-9-3-1-2-4-10(9)16-11-13-5-8(7-15)6-14-11/h1-6,15H,7H2. The molecule has 2 rings (SSSR count). The highest BCUT2D eigenvalue weighted by Gasteiger charge is 2.03. The van der Waals surface area contributed by atoms with Crippen LogP contribution in [0.2, 0.25) is 0 Å². The molecular weight excluding hydrogens is 272 g/mol. The summed E-state index contributed by atoms with van der Waals surface area (Å²) in [6.07, 6.45) is 3.05. The van der Waals surface area contributed by atoms with Gasteiger partial charge >= 0.3 is 6.01 Å². The lowest BCUT2D eigenvalue weighted by Gasteiger charge is -2.05. The van der Waals surface area contributed by atoms with Gasteiger partial charge in [0.25, 0.3) is 0 Å². The van der Waals surface area contributed by atoms with Crippen molar-refractivity contribution in [1.82, 2.24) is 9.97 Å². The second kappa shape index (κ2) is 5.05. The van der Waals surface area contributed by atoms with Crippen LogP contribution in [0.5, 0.6) is 11.8 Å². The highest BCUT2D eigenvalue weighted by atomic mass is 79.9. The molecule has 0 saturated heterocycles. The average molecular weight is 281 g/mol. The predicted molar refractivity (Wildman–Crippen MR) is 62.2 cm³/mol. The highest BCUT2D eigenvalue weighted by Crippen LogP contribution is 2.27. The summed E-state index contributed by atoms with van der Waals surface area (Å²) < 4.78 is 6.30. The summed E-state index contributed by atoms with van der Waals surface area (Å²) in [5.41, 5.74) is 0.652. The number of hydrogen-bond acceptors (Lipinski definition) is 4. The fourth-order valence-electron chi connectivity index (χ4n) is 1.10. The molecule has 0 bridgehead atoms. The van der Waals surface area contributed by atoms with Crippen molar-refractivity contribution in [3.8, 4) is 11.8 Å². The first-order valence-electron chi connectivity index (χ1n) is 4.64. The zero-order valence-corrected chi connectivity index (χ0v) is 9.89. The number of ether oxygens (including phenoxy) is 1. The van der Waals surface area contributed by atoms with Crippen LogP contribution in [-0.4, -0.2) is 15.1 Å². The molecule has 0 unspecified atom stereocenters. The van der Waals surface area contributed by atoms with Gasteiger partial charge in [-0.1, -0.05) is 12.1 Å². The number of para-hydroxylation sites is 1. The van der Waals surface area contributed by atoms with Crippen LogP contribution in [-0.2, 0) is 6.61 Å². The van der Waals surface area contributed by atoms with Gasteiger partial charge in [0.2, 0.25) is 0 Å². The van der Waals surface area contributed by atoms with Gasteiger partial charge < -0.3 is 9.84 Å². The molecule has 16 heavy (non-hydrogen) atoms. The SMILES string of the molecule is OCc1cnc(Oc2ccccc2Br)nc1. The summed E-state index contributed by atoms with van der Waals surface area (Å²) in [7, 11) is 0. The molecule has 0 spiro atoms. The Labute approximate surface area is 101 Å². The van der Waals surface area contributed by atoms with Crippen LogP contribution >= 0.6 is 15.9 Å². The first kappa shape index (κ1) is 11.0. The van der Waals surface area contributed by atoms with Gasteiger partial charge in [-0.05, 0) is 28.1 Å². The minimum absolute atomic E-state index is 0.0741. The quantitative estimate of drug-likeness (QED) is 0.939. The summed E-state index contributed by atoms with van der Waals surface area (Å²) in [5.74, 6) is 0.652. The van der Waals surface area contributed by atoms with Gasteiger partial charge in [-0.15, -0.1) is 0 Å². The summed E-state index contributed by atoms with van der Waals surface area (Å²) >= 11 is 3.36. The Morgan fingerprint density at radius 2 is 1.88 bits per heavy atom. The molecule has 82 valence electrons. The van der Waals surface area contributed by atoms with Crippen molar-refractivity contribution in [1.29, 1.82) is 0 Å². The van der Waals surface area contributed by atoms with Crippen LogP contribution in [0.25, 0.3) is 0 Å². The number of halogens is 1. The number of benzene rings is 1. The van der Waals surface area contributed by atoms with Crippen molar-refractivity contribution in [2.45, 2.75) is 6.61 Å². The maximum absolute atomic E-state index is 8.83. The van der Waals surface area contributed by atoms with E-state index >= 15 is 0 Å². The van der Waals surface area contributed by atoms with Gasteiger partial charge in [0.05, 0.1) is 11.1 Å². The van der Waals surface area contributed by atoms with Crippen LogP contribution in [0.15, 0.2) is 41.1 Å². The molecule has 0 aliphatic heterocycles. The molecule has 0 radical (unpaired) electrons. The number of rotatable bonds is 3. The maximum atomic E-state index is 8.83. The predicted octanol–water partition coefficient (Wildman–Crippen LogP) is 2.52. The topological polar surface area (TPSA) is 55.2 Å². The van der Waals surface area contributed by atoms with Crippen LogP contribution in [0.3, 0.4) is 0 Å². The molecular formula is C11H9BrN2O2. The average Bonchev–Trinajstić information content (AvgIpc) is 2.33. The number of nitrogens with zero attached hydrogens (tertiary/aromatic N) is 2. The van der Waals surface area contributed by atoms with E-state index in [0.717, 1.165) is 4.47 Å². The van der Waals surface area contributed by atoms with Crippen molar-refractivity contribution >= 4 is 15.9 Å². The summed E-state index contributed by atoms with van der Waals surface area (Å²) in [6, 6.07) is 7.70. The van der Waals surface area contributed by atoms with Crippen molar-refractivity contribution in [2.24, 2.45) is 0 Å². The molecule has 1 heterocycles. The minimum atomic E-state index is -0.0741. The first-order chi connectivity index (χ1) is 7.79. The number of aliphatic hydroxyl groups excluding tert-OH is 1. The highest BCUT2D eigenvalue weighted by molar-refractivity contribution is 9.10. The smallest absolute Gasteiger partial charge is 0.321 e. The van der Waals surface area contributed by atoms with Crippen molar-refractivity contribution < 1.29 is 9.84 Å². The van der Waals surface area contributed by atoms with Crippen LogP contribution in [0.1, 0.15) is 5.56 Å². The number of aliphatic hydroxyl groups is 1. The molecule has 5 heteroatoms. The van der Waals surface area contributed by atoms with E-state index in [0.29, 0.717) is 11.3 Å². The summed E-state index contributed by atoms with van der Waals surface area (Å²) in [4.78, 5) is 7.94. The Balaban J connectivity index is 2.18. The van der Waals surface area contributed by atoms with Crippen LogP contribution in [0, 0.1) is 0 Å². The van der Waals surface area contributed by atoms with E-state index in [-0.39, 0.29) is 12.6 Å². The van der Waals surface area contributed by atoms with E-state index in [1.807, 2.05) is 24.3 Å². The van der Waals surface area contributed by atoms with E-state index in [1.165, 1.54) is 12.4 Å². The monoisotopic (exact) mass is 280 g/mol. The molecule has 0 aliphatic rings. The van der Waals surface area contributed by atoms with Gasteiger partial charge in [-0.25, -0.2) is 9.97 Å². The third-order valence-corrected chi connectivity index (χ3v) is 2.56. The van der Waals surface area contributed by atoms with Gasteiger partial charge in [-0.2, -0.15) is 0 Å². The third-order valence-electron chi connectivity index (χ3n) is 1.90. The van der Waals surface area contributed by atoms with Crippen molar-refractivity contribution in [3.05, 3.63) is 46.7 Å². The minimum Gasteiger partial charge on any atom is -0.423 e. The Hall–Kier alpha value is -1.46. The largest absolute Gasteiger partial charge is 0.423 e. The zero-order valence-electron chi connectivity index (χ0n) is 8.30. The summed E-state index contributed by atoms with van der Waals surface area (Å²) in [6.45, 7) is -0.0741. The molecule has 0 amide bonds. The fourth-order valence-corrected chi connectivity index (χ4v) is 1.47. The van der Waals surface area contributed by atoms with Gasteiger partial charge in [0.1, 0.15) is 5.75 Å². The Bertz CT molecular complexity index is 474. The second-order valence-corrected chi connectivity index (χ2v) is 3.92. The first-order valence-corrected chi connectivity index (χ1v) is 5.43. The lowest BCUT2D eigenvalue weighted by Crippen LogP contribution is -1.94. The van der Waals surface area contributed by atoms with Crippen molar-refractivity contribution in [2.75, 3.05) is 0 Å². The molecule has 1 N–H and O–H groups in total. The molecule has 0 fully saturated rings. The molecule has 2 aromatic rings. The fraction of sp³-hybridized carbons (Fsp3) is 0.0909. The molecule has 1 aromatic heterocycles. The van der Waals surface area contributed by atoms with Crippen LogP contribution < -0.4 is 4.74 Å². The maximum Gasteiger partial charge on any atom is 0.321 e. The van der Waals surface area contributed by atoms with E-state index < -0.39 is 0 Å². The van der Waals surface area contributed by atoms with Crippen molar-refractivity contribution in [3.63, 3.8) is 0 Å². The van der Waals surface area contributed by atoms with E-state index in [4.69, 9.17) is 9.84 Å². The van der Waals surface area contributed by atoms with E-state index in [1.54, 1.807) is 0 Å². The van der Waals surface area contributed by atoms with Gasteiger partial charge in [-0.3, -0.25) is 0 Å². The van der Waals surface area contributed by atoms with Gasteiger partial charge in [0.15, 0.2) is 0 Å². The molecule has 0 atom stereocenters. The number of hydrogen-bond donors (Lipinski definition) is 1. The molecule has 4 nitrogen and oxygen atoms in total. The van der Waals surface area contributed by atoms with E-state index in [9.17, 15) is 0 Å². The molecule has 0 aliphatic carbocycles. The lowest BCUT2D eigenvalue weighted by atomic mass is 10.3. The Morgan fingerprint density at radius 3 is 2.50 bits per heavy atom. The Morgan fingerprint density at radius 1 is 1.19 bits per heavy atom. The summed E-state index contributed by atoms with van der Waals surface area (Å²) in [5, 5.41) is 8.83.